The van der Waals surface area contributed by atoms with E-state index in [1.165, 1.54) is 18.1 Å². The van der Waals surface area contributed by atoms with Crippen LogP contribution >= 0.6 is 35.7 Å². The van der Waals surface area contributed by atoms with Crippen LogP contribution in [-0.2, 0) is 6.54 Å². The smallest absolute Gasteiger partial charge is 0.387 e. The molecule has 5 nitrogen and oxygen atoms in total. The zero-order valence-corrected chi connectivity index (χ0v) is 18.8. The molecule has 0 saturated heterocycles. The Kier molecular flexibility index (Phi) is 11.7. The van der Waals surface area contributed by atoms with Gasteiger partial charge in [0.1, 0.15) is 0 Å². The van der Waals surface area contributed by atoms with E-state index in [-0.39, 0.29) is 35.5 Å². The van der Waals surface area contributed by atoms with Gasteiger partial charge in [0.05, 0.1) is 7.11 Å². The van der Waals surface area contributed by atoms with Gasteiger partial charge in [-0.15, -0.1) is 35.7 Å². The van der Waals surface area contributed by atoms with Gasteiger partial charge < -0.3 is 20.1 Å². The van der Waals surface area contributed by atoms with Crippen LogP contribution < -0.4 is 20.1 Å². The van der Waals surface area contributed by atoms with Gasteiger partial charge in [0.15, 0.2) is 17.5 Å². The van der Waals surface area contributed by atoms with Crippen molar-refractivity contribution < 1.29 is 18.3 Å². The lowest BCUT2D eigenvalue weighted by atomic mass is 10.2. The third-order valence-corrected chi connectivity index (χ3v) is 4.55. The van der Waals surface area contributed by atoms with Crippen LogP contribution in [-0.4, -0.2) is 39.0 Å². The molecule has 0 unspecified atom stereocenters. The third-order valence-electron chi connectivity index (χ3n) is 3.53. The molecular formula is C19H24F2IN3O2S. The van der Waals surface area contributed by atoms with Crippen molar-refractivity contribution in [1.82, 2.24) is 10.6 Å². The van der Waals surface area contributed by atoms with Gasteiger partial charge in [0.2, 0.25) is 0 Å². The van der Waals surface area contributed by atoms with Crippen molar-refractivity contribution in [3.63, 3.8) is 0 Å². The van der Waals surface area contributed by atoms with E-state index in [2.05, 4.69) is 32.5 Å². The Morgan fingerprint density at radius 3 is 2.50 bits per heavy atom. The summed E-state index contributed by atoms with van der Waals surface area (Å²) in [6, 6.07) is 15.1. The second kappa shape index (κ2) is 13.4. The number of aliphatic imine (C=N–C) groups is 1. The topological polar surface area (TPSA) is 54.9 Å². The van der Waals surface area contributed by atoms with Gasteiger partial charge in [0.25, 0.3) is 0 Å². The van der Waals surface area contributed by atoms with E-state index in [1.54, 1.807) is 30.9 Å². The number of ether oxygens (including phenoxy) is 2. The second-order valence-corrected chi connectivity index (χ2v) is 6.55. The Bertz CT molecular complexity index is 736. The summed E-state index contributed by atoms with van der Waals surface area (Å²) in [5, 5.41) is 6.37. The Labute approximate surface area is 185 Å². The van der Waals surface area contributed by atoms with E-state index < -0.39 is 6.61 Å². The number of alkyl halides is 2. The average Bonchev–Trinajstić information content (AvgIpc) is 2.68. The van der Waals surface area contributed by atoms with E-state index in [0.29, 0.717) is 12.5 Å². The van der Waals surface area contributed by atoms with Gasteiger partial charge in [-0.05, 0) is 29.8 Å². The zero-order chi connectivity index (χ0) is 19.5. The second-order valence-electron chi connectivity index (χ2n) is 5.38. The van der Waals surface area contributed by atoms with Gasteiger partial charge >= 0.3 is 6.61 Å². The summed E-state index contributed by atoms with van der Waals surface area (Å²) in [7, 11) is 3.09. The largest absolute Gasteiger partial charge is 0.493 e. The minimum atomic E-state index is -2.90. The zero-order valence-electron chi connectivity index (χ0n) is 15.7. The van der Waals surface area contributed by atoms with E-state index in [4.69, 9.17) is 4.74 Å². The quantitative estimate of drug-likeness (QED) is 0.168. The Hall–Kier alpha value is -1.75. The molecule has 0 aliphatic carbocycles. The summed E-state index contributed by atoms with van der Waals surface area (Å²) in [6.07, 6.45) is 0. The molecule has 0 aromatic heterocycles. The first-order valence-electron chi connectivity index (χ1n) is 8.36. The number of methoxy groups -OCH3 is 1. The van der Waals surface area contributed by atoms with Crippen molar-refractivity contribution in [1.29, 1.82) is 0 Å². The fraction of sp³-hybridized carbons (Fsp3) is 0.316. The van der Waals surface area contributed by atoms with Gasteiger partial charge in [-0.1, -0.05) is 24.3 Å². The predicted molar refractivity (Wildman–Crippen MR) is 120 cm³/mol. The highest BCUT2D eigenvalue weighted by Crippen LogP contribution is 2.29. The first-order chi connectivity index (χ1) is 13.1. The molecular weight excluding hydrogens is 499 g/mol. The van der Waals surface area contributed by atoms with Crippen LogP contribution in [0.5, 0.6) is 11.5 Å². The van der Waals surface area contributed by atoms with Crippen LogP contribution in [0.2, 0.25) is 0 Å². The first kappa shape index (κ1) is 24.3. The van der Waals surface area contributed by atoms with Gasteiger partial charge in [0, 0.05) is 30.8 Å². The molecule has 2 N–H and O–H groups in total. The number of rotatable bonds is 9. The number of nitrogens with zero attached hydrogens (tertiary/aromatic N) is 1. The number of benzene rings is 2. The first-order valence-corrected chi connectivity index (χ1v) is 9.35. The van der Waals surface area contributed by atoms with Crippen molar-refractivity contribution in [2.45, 2.75) is 18.1 Å². The molecule has 0 aliphatic rings. The van der Waals surface area contributed by atoms with Crippen LogP contribution in [0.4, 0.5) is 8.78 Å². The molecule has 2 aromatic carbocycles. The highest BCUT2D eigenvalue weighted by atomic mass is 127. The van der Waals surface area contributed by atoms with Gasteiger partial charge in [-0.3, -0.25) is 4.99 Å². The molecule has 0 radical (unpaired) electrons. The highest BCUT2D eigenvalue weighted by Gasteiger charge is 2.11. The standard InChI is InChI=1S/C19H23F2N3O2S.HI/c1-22-19(23-10-11-27-15-6-4-3-5-7-15)24-13-14-8-9-16(25-2)17(12-14)26-18(20)21;/h3-9,12,18H,10-11,13H2,1-2H3,(H2,22,23,24);1H. The summed E-state index contributed by atoms with van der Waals surface area (Å²) < 4.78 is 34.5. The lowest BCUT2D eigenvalue weighted by Crippen LogP contribution is -2.37. The Morgan fingerprint density at radius 2 is 1.86 bits per heavy atom. The molecule has 0 heterocycles. The molecule has 2 aromatic rings. The van der Waals surface area contributed by atoms with Crippen LogP contribution in [0.1, 0.15) is 5.56 Å². The average molecular weight is 523 g/mol. The van der Waals surface area contributed by atoms with Crippen molar-refractivity contribution in [2.24, 2.45) is 4.99 Å². The lowest BCUT2D eigenvalue weighted by molar-refractivity contribution is -0.0512. The molecule has 0 saturated carbocycles. The van der Waals surface area contributed by atoms with Crippen LogP contribution in [0.25, 0.3) is 0 Å². The number of thioether (sulfide) groups is 1. The summed E-state index contributed by atoms with van der Waals surface area (Å²) >= 11 is 1.75. The van der Waals surface area contributed by atoms with Crippen LogP contribution in [0, 0.1) is 0 Å². The summed E-state index contributed by atoms with van der Waals surface area (Å²) in [4.78, 5) is 5.38. The summed E-state index contributed by atoms with van der Waals surface area (Å²) in [5.74, 6) is 1.80. The molecule has 0 amide bonds. The monoisotopic (exact) mass is 523 g/mol. The maximum Gasteiger partial charge on any atom is 0.387 e. The fourth-order valence-corrected chi connectivity index (χ4v) is 3.07. The van der Waals surface area contributed by atoms with Crippen molar-refractivity contribution >= 4 is 41.7 Å². The fourth-order valence-electron chi connectivity index (χ4n) is 2.28. The van der Waals surface area contributed by atoms with E-state index in [1.807, 2.05) is 18.2 Å². The van der Waals surface area contributed by atoms with Crippen LogP contribution in [0.15, 0.2) is 58.4 Å². The minimum Gasteiger partial charge on any atom is -0.493 e. The number of nitrogens with one attached hydrogen (secondary N) is 2. The molecule has 28 heavy (non-hydrogen) atoms. The maximum absolute atomic E-state index is 12.5. The van der Waals surface area contributed by atoms with Crippen molar-refractivity contribution in [3.05, 3.63) is 54.1 Å². The van der Waals surface area contributed by atoms with E-state index >= 15 is 0 Å². The molecule has 154 valence electrons. The Morgan fingerprint density at radius 1 is 1.11 bits per heavy atom. The molecule has 0 aliphatic heterocycles. The maximum atomic E-state index is 12.5. The highest BCUT2D eigenvalue weighted by molar-refractivity contribution is 14.0. The summed E-state index contributed by atoms with van der Waals surface area (Å²) in [6.45, 7) is -1.75. The number of guanidine groups is 1. The normalized spacial score (nSPS) is 11.0. The summed E-state index contributed by atoms with van der Waals surface area (Å²) in [5.41, 5.74) is 0.771. The van der Waals surface area contributed by atoms with Gasteiger partial charge in [-0.25, -0.2) is 0 Å². The molecule has 0 bridgehead atoms. The van der Waals surface area contributed by atoms with Crippen molar-refractivity contribution in [2.75, 3.05) is 26.5 Å². The van der Waals surface area contributed by atoms with E-state index in [9.17, 15) is 8.78 Å². The number of hydrogen-bond donors (Lipinski definition) is 2. The van der Waals surface area contributed by atoms with Crippen molar-refractivity contribution in [3.8, 4) is 11.5 Å². The molecule has 0 fully saturated rings. The number of halogens is 3. The SMILES string of the molecule is CN=C(NCCSc1ccccc1)NCc1ccc(OC)c(OC(F)F)c1.I. The predicted octanol–water partition coefficient (Wildman–Crippen LogP) is 4.37. The molecule has 2 rings (SSSR count). The lowest BCUT2D eigenvalue weighted by Gasteiger charge is -2.14. The van der Waals surface area contributed by atoms with Gasteiger partial charge in [-0.2, -0.15) is 8.78 Å². The number of hydrogen-bond acceptors (Lipinski definition) is 4. The Balaban J connectivity index is 0.00000392. The molecule has 0 atom stereocenters. The minimum absolute atomic E-state index is 0. The third kappa shape index (κ3) is 8.51. The van der Waals surface area contributed by atoms with Crippen LogP contribution in [0.3, 0.4) is 0 Å². The van der Waals surface area contributed by atoms with E-state index in [0.717, 1.165) is 17.9 Å². The molecule has 0 spiro atoms. The molecule has 9 heteroatoms.